The van der Waals surface area contributed by atoms with Gasteiger partial charge < -0.3 is 9.31 Å². The maximum Gasteiger partial charge on any atom is 0.495 e. The smallest absolute Gasteiger partial charge is 0.399 e. The topological polar surface area (TPSA) is 18.5 Å². The molecule has 0 N–H and O–H groups in total. The van der Waals surface area contributed by atoms with Gasteiger partial charge in [0.25, 0.3) is 0 Å². The number of hydrogen-bond acceptors (Lipinski definition) is 2. The van der Waals surface area contributed by atoms with Crippen LogP contribution in [0.5, 0.6) is 0 Å². The summed E-state index contributed by atoms with van der Waals surface area (Å²) in [4.78, 5) is 0. The van der Waals surface area contributed by atoms with Gasteiger partial charge in [0, 0.05) is 0 Å². The van der Waals surface area contributed by atoms with Crippen molar-refractivity contribution in [1.29, 1.82) is 0 Å². The average Bonchev–Trinajstić information content (AvgIpc) is 2.90. The third-order valence-electron chi connectivity index (χ3n) is 6.75. The van der Waals surface area contributed by atoms with E-state index in [1.54, 1.807) is 0 Å². The van der Waals surface area contributed by atoms with Gasteiger partial charge >= 0.3 is 7.12 Å². The van der Waals surface area contributed by atoms with Crippen LogP contribution in [0.25, 0.3) is 11.1 Å². The Balaban J connectivity index is 1.75. The summed E-state index contributed by atoms with van der Waals surface area (Å²) in [5, 5.41) is 0. The van der Waals surface area contributed by atoms with E-state index in [0.717, 1.165) is 0 Å². The highest BCUT2D eigenvalue weighted by Gasteiger charge is 2.52. The van der Waals surface area contributed by atoms with Crippen LogP contribution in [0.15, 0.2) is 48.5 Å². The summed E-state index contributed by atoms with van der Waals surface area (Å²) in [5.41, 5.74) is 4.60. The van der Waals surface area contributed by atoms with Crippen LogP contribution in [-0.2, 0) is 9.31 Å². The molecule has 1 saturated heterocycles. The van der Waals surface area contributed by atoms with Crippen LogP contribution >= 0.6 is 0 Å². The van der Waals surface area contributed by atoms with E-state index < -0.39 is 0 Å². The molecule has 0 amide bonds. The fourth-order valence-electron chi connectivity index (χ4n) is 4.34. The Hall–Kier alpha value is -1.58. The predicted molar refractivity (Wildman–Crippen MR) is 113 cm³/mol. The van der Waals surface area contributed by atoms with E-state index in [1.165, 1.54) is 54.3 Å². The van der Waals surface area contributed by atoms with E-state index >= 15 is 0 Å². The molecule has 142 valence electrons. The van der Waals surface area contributed by atoms with E-state index in [2.05, 4.69) is 76.2 Å². The van der Waals surface area contributed by atoms with Crippen LogP contribution in [0, 0.1) is 0 Å². The monoisotopic (exact) mass is 362 g/mol. The van der Waals surface area contributed by atoms with Crippen LogP contribution in [0.3, 0.4) is 0 Å². The van der Waals surface area contributed by atoms with Gasteiger partial charge in [-0.3, -0.25) is 0 Å². The molecule has 1 saturated carbocycles. The molecule has 4 rings (SSSR count). The lowest BCUT2D eigenvalue weighted by atomic mass is 9.69. The van der Waals surface area contributed by atoms with Crippen molar-refractivity contribution in [3.8, 4) is 11.1 Å². The van der Waals surface area contributed by atoms with Crippen LogP contribution in [0.1, 0.15) is 71.3 Å². The van der Waals surface area contributed by atoms with Crippen LogP contribution in [-0.4, -0.2) is 18.3 Å². The SMILES string of the molecule is CC1(C)OB(c2ccc(-c3ccccc3)cc2C2CCCCC2)OC1(C)C. The van der Waals surface area contributed by atoms with Gasteiger partial charge in [-0.05, 0) is 68.6 Å². The van der Waals surface area contributed by atoms with Crippen molar-refractivity contribution in [1.82, 2.24) is 0 Å². The second-order valence-corrected chi connectivity index (χ2v) is 9.13. The quantitative estimate of drug-likeness (QED) is 0.652. The second kappa shape index (κ2) is 7.11. The Morgan fingerprint density at radius 1 is 0.778 bits per heavy atom. The Labute approximate surface area is 164 Å². The number of hydrogen-bond donors (Lipinski definition) is 0. The molecule has 1 heterocycles. The van der Waals surface area contributed by atoms with Crippen LogP contribution < -0.4 is 5.46 Å². The van der Waals surface area contributed by atoms with E-state index in [0.29, 0.717) is 5.92 Å². The van der Waals surface area contributed by atoms with Gasteiger partial charge in [0.1, 0.15) is 0 Å². The van der Waals surface area contributed by atoms with Crippen molar-refractivity contribution >= 4 is 12.6 Å². The highest BCUT2D eigenvalue weighted by Crippen LogP contribution is 2.39. The molecule has 1 aliphatic carbocycles. The average molecular weight is 362 g/mol. The Bertz CT molecular complexity index is 775. The zero-order valence-electron chi connectivity index (χ0n) is 17.1. The first-order chi connectivity index (χ1) is 12.9. The third kappa shape index (κ3) is 3.60. The number of benzene rings is 2. The van der Waals surface area contributed by atoms with Gasteiger partial charge in [0.05, 0.1) is 11.2 Å². The highest BCUT2D eigenvalue weighted by molar-refractivity contribution is 6.62. The minimum absolute atomic E-state index is 0.281. The zero-order valence-corrected chi connectivity index (χ0v) is 17.1. The summed E-state index contributed by atoms with van der Waals surface area (Å²) >= 11 is 0. The van der Waals surface area contributed by atoms with E-state index in [1.807, 2.05) is 0 Å². The van der Waals surface area contributed by atoms with Crippen molar-refractivity contribution in [3.63, 3.8) is 0 Å². The Morgan fingerprint density at radius 3 is 2.04 bits per heavy atom. The lowest BCUT2D eigenvalue weighted by molar-refractivity contribution is 0.00578. The molecule has 2 aliphatic rings. The zero-order chi connectivity index (χ0) is 19.1. The molecule has 0 spiro atoms. The molecule has 3 heteroatoms. The standard InChI is InChI=1S/C24H31BO2/c1-23(2)24(3,4)27-25(26-23)22-16-15-20(18-11-7-5-8-12-18)17-21(22)19-13-9-6-10-14-19/h5,7-8,11-12,15-17,19H,6,9-10,13-14H2,1-4H3. The molecule has 2 aromatic rings. The maximum absolute atomic E-state index is 6.40. The summed E-state index contributed by atoms with van der Waals surface area (Å²) in [5.74, 6) is 0.608. The van der Waals surface area contributed by atoms with Gasteiger partial charge in [-0.2, -0.15) is 0 Å². The summed E-state index contributed by atoms with van der Waals surface area (Å²) in [7, 11) is -0.281. The molecule has 1 aliphatic heterocycles. The first kappa shape index (κ1) is 18.8. The first-order valence-electron chi connectivity index (χ1n) is 10.4. The van der Waals surface area contributed by atoms with Gasteiger partial charge in [-0.1, -0.05) is 67.8 Å². The fourth-order valence-corrected chi connectivity index (χ4v) is 4.34. The summed E-state index contributed by atoms with van der Waals surface area (Å²) in [6.45, 7) is 8.52. The molecule has 0 aromatic heterocycles. The maximum atomic E-state index is 6.40. The Kier molecular flexibility index (Phi) is 4.94. The van der Waals surface area contributed by atoms with Gasteiger partial charge in [0.15, 0.2) is 0 Å². The highest BCUT2D eigenvalue weighted by atomic mass is 16.7. The number of rotatable bonds is 3. The normalized spacial score (nSPS) is 22.1. The summed E-state index contributed by atoms with van der Waals surface area (Å²) < 4.78 is 12.8. The second-order valence-electron chi connectivity index (χ2n) is 9.13. The van der Waals surface area contributed by atoms with Gasteiger partial charge in [-0.25, -0.2) is 0 Å². The minimum Gasteiger partial charge on any atom is -0.399 e. The molecule has 2 aromatic carbocycles. The fraction of sp³-hybridized carbons (Fsp3) is 0.500. The van der Waals surface area contributed by atoms with Crippen LogP contribution in [0.2, 0.25) is 0 Å². The van der Waals surface area contributed by atoms with Crippen molar-refractivity contribution in [2.24, 2.45) is 0 Å². The minimum atomic E-state index is -0.306. The molecule has 2 fully saturated rings. The lowest BCUT2D eigenvalue weighted by Gasteiger charge is -2.32. The van der Waals surface area contributed by atoms with Crippen molar-refractivity contribution in [2.75, 3.05) is 0 Å². The lowest BCUT2D eigenvalue weighted by Crippen LogP contribution is -2.41. The predicted octanol–water partition coefficient (Wildman–Crippen LogP) is 5.70. The van der Waals surface area contributed by atoms with Crippen molar-refractivity contribution < 1.29 is 9.31 Å². The first-order valence-corrected chi connectivity index (χ1v) is 10.4. The van der Waals surface area contributed by atoms with Crippen LogP contribution in [0.4, 0.5) is 0 Å². The van der Waals surface area contributed by atoms with Crippen molar-refractivity contribution in [3.05, 3.63) is 54.1 Å². The molecular weight excluding hydrogens is 331 g/mol. The van der Waals surface area contributed by atoms with Crippen molar-refractivity contribution in [2.45, 2.75) is 76.9 Å². The molecule has 0 bridgehead atoms. The molecule has 0 radical (unpaired) electrons. The molecule has 0 unspecified atom stereocenters. The molecular formula is C24H31BO2. The van der Waals surface area contributed by atoms with E-state index in [9.17, 15) is 0 Å². The third-order valence-corrected chi connectivity index (χ3v) is 6.75. The summed E-state index contributed by atoms with van der Waals surface area (Å²) in [6.07, 6.45) is 6.54. The van der Waals surface area contributed by atoms with E-state index in [4.69, 9.17) is 9.31 Å². The molecule has 27 heavy (non-hydrogen) atoms. The summed E-state index contributed by atoms with van der Waals surface area (Å²) in [6, 6.07) is 17.5. The van der Waals surface area contributed by atoms with Gasteiger partial charge in [-0.15, -0.1) is 0 Å². The van der Waals surface area contributed by atoms with Gasteiger partial charge in [0.2, 0.25) is 0 Å². The largest absolute Gasteiger partial charge is 0.495 e. The molecule has 2 nitrogen and oxygen atoms in total. The van der Waals surface area contributed by atoms with E-state index in [-0.39, 0.29) is 18.3 Å². The Morgan fingerprint density at radius 2 is 1.41 bits per heavy atom. The molecule has 0 atom stereocenters.